The summed E-state index contributed by atoms with van der Waals surface area (Å²) >= 11 is 1.64. The van der Waals surface area contributed by atoms with Gasteiger partial charge in [0, 0.05) is 23.0 Å². The molecule has 5 heteroatoms. The van der Waals surface area contributed by atoms with Crippen LogP contribution < -0.4 is 4.74 Å². The third kappa shape index (κ3) is 3.78. The Kier molecular flexibility index (Phi) is 5.19. The first kappa shape index (κ1) is 17.0. The summed E-state index contributed by atoms with van der Waals surface area (Å²) in [5.41, 5.74) is 2.05. The Morgan fingerprint density at radius 3 is 2.50 bits per heavy atom. The normalized spacial score (nSPS) is 20.9. The van der Waals surface area contributed by atoms with Crippen molar-refractivity contribution < 1.29 is 9.53 Å². The quantitative estimate of drug-likeness (QED) is 0.831. The van der Waals surface area contributed by atoms with Crippen molar-refractivity contribution in [3.63, 3.8) is 0 Å². The predicted octanol–water partition coefficient (Wildman–Crippen LogP) is 4.29. The number of carbonyl (C=O) groups is 1. The summed E-state index contributed by atoms with van der Waals surface area (Å²) in [6.07, 6.45) is 3.36. The van der Waals surface area contributed by atoms with Crippen LogP contribution in [-0.2, 0) is 4.79 Å². The Labute approximate surface area is 147 Å². The summed E-state index contributed by atoms with van der Waals surface area (Å²) in [6.45, 7) is 6.35. The van der Waals surface area contributed by atoms with Crippen molar-refractivity contribution in [2.45, 2.75) is 52.1 Å². The highest BCUT2D eigenvalue weighted by atomic mass is 32.1. The molecule has 2 heterocycles. The lowest BCUT2D eigenvalue weighted by Crippen LogP contribution is -2.49. The van der Waals surface area contributed by atoms with Crippen molar-refractivity contribution >= 4 is 17.2 Å². The van der Waals surface area contributed by atoms with Crippen molar-refractivity contribution in [2.24, 2.45) is 0 Å². The van der Waals surface area contributed by atoms with Gasteiger partial charge in [-0.05, 0) is 64.3 Å². The number of hydrogen-bond acceptors (Lipinski definition) is 4. The Bertz CT molecular complexity index is 686. The number of likely N-dealkylation sites (tertiary alicyclic amines) is 1. The zero-order valence-corrected chi connectivity index (χ0v) is 15.3. The molecule has 1 aromatic heterocycles. The average Bonchev–Trinajstić information content (AvgIpc) is 3.00. The van der Waals surface area contributed by atoms with Crippen LogP contribution in [0.3, 0.4) is 0 Å². The molecule has 0 N–H and O–H groups in total. The number of aryl methyl sites for hydroxylation is 1. The Morgan fingerprint density at radius 2 is 1.92 bits per heavy atom. The maximum absolute atomic E-state index is 12.5. The van der Waals surface area contributed by atoms with E-state index in [2.05, 4.69) is 18.8 Å². The zero-order chi connectivity index (χ0) is 17.1. The van der Waals surface area contributed by atoms with Gasteiger partial charge >= 0.3 is 0 Å². The molecule has 1 fully saturated rings. The lowest BCUT2D eigenvalue weighted by Gasteiger charge is -2.38. The van der Waals surface area contributed by atoms with Crippen LogP contribution in [0.15, 0.2) is 29.6 Å². The number of amides is 1. The molecular formula is C19H24N2O2S. The first-order chi connectivity index (χ1) is 11.5. The summed E-state index contributed by atoms with van der Waals surface area (Å²) in [5.74, 6) is 0.797. The molecule has 1 aliphatic heterocycles. The molecule has 0 spiro atoms. The van der Waals surface area contributed by atoms with Crippen LogP contribution in [0.1, 0.15) is 38.1 Å². The van der Waals surface area contributed by atoms with Gasteiger partial charge in [-0.1, -0.05) is 0 Å². The second kappa shape index (κ2) is 7.34. The number of hydrogen-bond donors (Lipinski definition) is 0. The number of nitrogens with zero attached hydrogens (tertiary/aromatic N) is 2. The Hall–Kier alpha value is -1.88. The van der Waals surface area contributed by atoms with E-state index in [1.807, 2.05) is 41.5 Å². The minimum atomic E-state index is 0.0777. The second-order valence-electron chi connectivity index (χ2n) is 6.49. The lowest BCUT2D eigenvalue weighted by atomic mass is 9.97. The molecule has 3 rings (SSSR count). The number of piperidine rings is 1. The van der Waals surface area contributed by atoms with Crippen LogP contribution >= 0.6 is 11.3 Å². The summed E-state index contributed by atoms with van der Waals surface area (Å²) in [4.78, 5) is 18.9. The van der Waals surface area contributed by atoms with Gasteiger partial charge < -0.3 is 9.64 Å². The van der Waals surface area contributed by atoms with Crippen molar-refractivity contribution in [1.82, 2.24) is 9.88 Å². The Balaban J connectivity index is 1.59. The molecule has 24 heavy (non-hydrogen) atoms. The summed E-state index contributed by atoms with van der Waals surface area (Å²) in [6, 6.07) is 8.39. The molecular weight excluding hydrogens is 320 g/mol. The maximum atomic E-state index is 12.5. The standard InChI is InChI=1S/C19H24N2O2S/c1-13-5-4-6-14(2)21(13)19(22)11-23-17-9-7-16(8-10-17)18-12-24-15(3)20-18/h7-10,12-14H,4-6,11H2,1-3H3. The van der Waals surface area contributed by atoms with Crippen LogP contribution in [-0.4, -0.2) is 34.5 Å². The van der Waals surface area contributed by atoms with Crippen LogP contribution in [0, 0.1) is 6.92 Å². The fraction of sp³-hybridized carbons (Fsp3) is 0.474. The molecule has 1 amide bonds. The maximum Gasteiger partial charge on any atom is 0.260 e. The van der Waals surface area contributed by atoms with E-state index in [-0.39, 0.29) is 12.5 Å². The van der Waals surface area contributed by atoms with E-state index in [1.54, 1.807) is 11.3 Å². The van der Waals surface area contributed by atoms with Gasteiger partial charge in [0.15, 0.2) is 6.61 Å². The summed E-state index contributed by atoms with van der Waals surface area (Å²) < 4.78 is 5.70. The molecule has 1 saturated heterocycles. The molecule has 0 bridgehead atoms. The lowest BCUT2D eigenvalue weighted by molar-refractivity contribution is -0.139. The van der Waals surface area contributed by atoms with Gasteiger partial charge in [-0.25, -0.2) is 4.98 Å². The van der Waals surface area contributed by atoms with Gasteiger partial charge in [-0.2, -0.15) is 0 Å². The van der Waals surface area contributed by atoms with Gasteiger partial charge in [0.1, 0.15) is 5.75 Å². The molecule has 2 aromatic rings. The summed E-state index contributed by atoms with van der Waals surface area (Å²) in [5, 5.41) is 3.11. The highest BCUT2D eigenvalue weighted by molar-refractivity contribution is 7.09. The van der Waals surface area contributed by atoms with E-state index in [4.69, 9.17) is 4.74 Å². The Morgan fingerprint density at radius 1 is 1.25 bits per heavy atom. The van der Waals surface area contributed by atoms with Gasteiger partial charge in [-0.3, -0.25) is 4.79 Å². The van der Waals surface area contributed by atoms with Crippen molar-refractivity contribution in [2.75, 3.05) is 6.61 Å². The predicted molar refractivity (Wildman–Crippen MR) is 97.4 cm³/mol. The van der Waals surface area contributed by atoms with E-state index in [1.165, 1.54) is 6.42 Å². The molecule has 0 radical (unpaired) electrons. The number of benzene rings is 1. The van der Waals surface area contributed by atoms with E-state index < -0.39 is 0 Å². The molecule has 0 saturated carbocycles. The number of ether oxygens (including phenoxy) is 1. The van der Waals surface area contributed by atoms with Gasteiger partial charge in [0.25, 0.3) is 5.91 Å². The van der Waals surface area contributed by atoms with Crippen molar-refractivity contribution in [1.29, 1.82) is 0 Å². The summed E-state index contributed by atoms with van der Waals surface area (Å²) in [7, 11) is 0. The van der Waals surface area contributed by atoms with E-state index in [0.717, 1.165) is 34.9 Å². The number of carbonyl (C=O) groups excluding carboxylic acids is 1. The second-order valence-corrected chi connectivity index (χ2v) is 7.56. The molecule has 2 atom stereocenters. The molecule has 0 aliphatic carbocycles. The molecule has 4 nitrogen and oxygen atoms in total. The van der Waals surface area contributed by atoms with Gasteiger partial charge in [0.05, 0.1) is 10.7 Å². The number of rotatable bonds is 4. The number of aromatic nitrogens is 1. The average molecular weight is 344 g/mol. The first-order valence-electron chi connectivity index (χ1n) is 8.51. The zero-order valence-electron chi connectivity index (χ0n) is 14.5. The smallest absolute Gasteiger partial charge is 0.260 e. The van der Waals surface area contributed by atoms with Crippen LogP contribution in [0.4, 0.5) is 0 Å². The van der Waals surface area contributed by atoms with E-state index in [0.29, 0.717) is 12.1 Å². The van der Waals surface area contributed by atoms with Crippen molar-refractivity contribution in [3.8, 4) is 17.0 Å². The van der Waals surface area contributed by atoms with E-state index >= 15 is 0 Å². The van der Waals surface area contributed by atoms with Gasteiger partial charge in [-0.15, -0.1) is 11.3 Å². The van der Waals surface area contributed by atoms with Crippen LogP contribution in [0.5, 0.6) is 5.75 Å². The topological polar surface area (TPSA) is 42.4 Å². The molecule has 2 unspecified atom stereocenters. The molecule has 1 aliphatic rings. The monoisotopic (exact) mass is 344 g/mol. The van der Waals surface area contributed by atoms with Gasteiger partial charge in [0.2, 0.25) is 0 Å². The SMILES string of the molecule is Cc1nc(-c2ccc(OCC(=O)N3C(C)CCCC3C)cc2)cs1. The minimum Gasteiger partial charge on any atom is -0.484 e. The van der Waals surface area contributed by atoms with E-state index in [9.17, 15) is 4.79 Å². The highest BCUT2D eigenvalue weighted by Crippen LogP contribution is 2.25. The third-order valence-electron chi connectivity index (χ3n) is 4.61. The fourth-order valence-electron chi connectivity index (χ4n) is 3.35. The largest absolute Gasteiger partial charge is 0.484 e. The highest BCUT2D eigenvalue weighted by Gasteiger charge is 2.28. The molecule has 128 valence electrons. The van der Waals surface area contributed by atoms with Crippen LogP contribution in [0.2, 0.25) is 0 Å². The fourth-order valence-corrected chi connectivity index (χ4v) is 3.97. The minimum absolute atomic E-state index is 0.0777. The third-order valence-corrected chi connectivity index (χ3v) is 5.39. The van der Waals surface area contributed by atoms with Crippen LogP contribution in [0.25, 0.3) is 11.3 Å². The molecule has 1 aromatic carbocycles. The van der Waals surface area contributed by atoms with Crippen molar-refractivity contribution in [3.05, 3.63) is 34.7 Å². The number of thiazole rings is 1. The first-order valence-corrected chi connectivity index (χ1v) is 9.39.